The number of amides is 2. The first kappa shape index (κ1) is 25.8. The molecule has 2 fully saturated rings. The van der Waals surface area contributed by atoms with Crippen LogP contribution in [0.1, 0.15) is 29.7 Å². The monoisotopic (exact) mass is 555 g/mol. The summed E-state index contributed by atoms with van der Waals surface area (Å²) in [5, 5.41) is 15.1. The van der Waals surface area contributed by atoms with Crippen LogP contribution in [0.3, 0.4) is 0 Å². The number of carbonyl (C=O) groups is 2. The molecule has 0 unspecified atom stereocenters. The number of anilines is 1. The van der Waals surface area contributed by atoms with Crippen LogP contribution in [0.25, 0.3) is 17.3 Å². The van der Waals surface area contributed by atoms with E-state index in [-0.39, 0.29) is 12.0 Å². The van der Waals surface area contributed by atoms with Crippen LogP contribution < -0.4 is 25.0 Å². The van der Waals surface area contributed by atoms with Gasteiger partial charge in [-0.2, -0.15) is 5.26 Å². The Kier molecular flexibility index (Phi) is 7.31. The smallest absolute Gasteiger partial charge is 0.290 e. The molecule has 3 aliphatic heterocycles. The lowest BCUT2D eigenvalue weighted by molar-refractivity contribution is -0.115. The van der Waals surface area contributed by atoms with E-state index in [1.807, 2.05) is 24.3 Å². The lowest BCUT2D eigenvalue weighted by atomic mass is 9.97. The van der Waals surface area contributed by atoms with E-state index in [1.54, 1.807) is 24.5 Å². The molecule has 2 aromatic heterocycles. The second kappa shape index (κ2) is 11.3. The Labute approximate surface area is 234 Å². The van der Waals surface area contributed by atoms with E-state index >= 15 is 0 Å². The largest absolute Gasteiger partial charge is 0.454 e. The zero-order chi connectivity index (χ0) is 27.5. The number of pyridine rings is 1. The fourth-order valence-electron chi connectivity index (χ4n) is 4.87. The fraction of sp³-hybridized carbons (Fsp3) is 0.286. The maximum atomic E-state index is 11.8. The molecule has 2 amide bonds. The number of carbonyl (C=O) groups excluding carboxylic acids is 2. The number of hydrogen-bond donors (Lipinski definition) is 2. The van der Waals surface area contributed by atoms with Gasteiger partial charge in [0.1, 0.15) is 6.07 Å². The SMILES string of the molecule is N#Cc1cc(CNCC2CCN(c3nccc(C=C4SC(=O)NC4=O)n3)CC2)cnc1-c1ccc2c(c1)OCO2. The van der Waals surface area contributed by atoms with Crippen molar-refractivity contribution in [2.24, 2.45) is 5.92 Å². The predicted octanol–water partition coefficient (Wildman–Crippen LogP) is 3.47. The van der Waals surface area contributed by atoms with E-state index in [9.17, 15) is 14.9 Å². The topological polar surface area (TPSA) is 142 Å². The zero-order valence-corrected chi connectivity index (χ0v) is 22.2. The lowest BCUT2D eigenvalue weighted by Crippen LogP contribution is -2.38. The van der Waals surface area contributed by atoms with Crippen LogP contribution in [0.5, 0.6) is 11.5 Å². The number of nitrogens with one attached hydrogen (secondary N) is 2. The highest BCUT2D eigenvalue weighted by atomic mass is 32.2. The van der Waals surface area contributed by atoms with Crippen molar-refractivity contribution in [3.05, 3.63) is 64.5 Å². The molecule has 2 saturated heterocycles. The first-order chi connectivity index (χ1) is 19.6. The van der Waals surface area contributed by atoms with Gasteiger partial charge in [-0.1, -0.05) is 0 Å². The molecule has 11 nitrogen and oxygen atoms in total. The molecule has 1 aromatic carbocycles. The molecule has 0 saturated carbocycles. The van der Waals surface area contributed by atoms with Crippen molar-refractivity contribution >= 4 is 34.9 Å². The average Bonchev–Trinajstić information content (AvgIpc) is 3.58. The summed E-state index contributed by atoms with van der Waals surface area (Å²) in [4.78, 5) is 39.3. The third-order valence-electron chi connectivity index (χ3n) is 6.96. The van der Waals surface area contributed by atoms with Crippen LogP contribution in [-0.4, -0.2) is 52.5 Å². The Morgan fingerprint density at radius 3 is 2.80 bits per heavy atom. The second-order valence-corrected chi connectivity index (χ2v) is 10.6. The Morgan fingerprint density at radius 2 is 2.00 bits per heavy atom. The van der Waals surface area contributed by atoms with Crippen LogP contribution >= 0.6 is 11.8 Å². The van der Waals surface area contributed by atoms with Crippen molar-refractivity contribution in [1.82, 2.24) is 25.6 Å². The Hall–Kier alpha value is -4.47. The van der Waals surface area contributed by atoms with E-state index in [4.69, 9.17) is 9.47 Å². The second-order valence-electron chi connectivity index (χ2n) is 9.61. The summed E-state index contributed by atoms with van der Waals surface area (Å²) in [6.45, 7) is 3.32. The normalized spacial score (nSPS) is 17.8. The number of hydrogen-bond acceptors (Lipinski definition) is 11. The third kappa shape index (κ3) is 5.61. The van der Waals surface area contributed by atoms with Crippen LogP contribution in [0.2, 0.25) is 0 Å². The van der Waals surface area contributed by atoms with Crippen molar-refractivity contribution in [1.29, 1.82) is 5.26 Å². The fourth-order valence-corrected chi connectivity index (χ4v) is 5.54. The van der Waals surface area contributed by atoms with Crippen molar-refractivity contribution in [3.8, 4) is 28.8 Å². The van der Waals surface area contributed by atoms with Crippen molar-refractivity contribution < 1.29 is 19.1 Å². The molecular weight excluding hydrogens is 530 g/mol. The summed E-state index contributed by atoms with van der Waals surface area (Å²) in [5.41, 5.74) is 3.50. The molecule has 3 aliphatic rings. The van der Waals surface area contributed by atoms with Gasteiger partial charge < -0.3 is 19.7 Å². The molecule has 3 aromatic rings. The van der Waals surface area contributed by atoms with Gasteiger partial charge in [-0.05, 0) is 79.0 Å². The van der Waals surface area contributed by atoms with Gasteiger partial charge in [-0.25, -0.2) is 9.97 Å². The van der Waals surface area contributed by atoms with Gasteiger partial charge in [-0.3, -0.25) is 19.9 Å². The number of piperidine rings is 1. The van der Waals surface area contributed by atoms with Crippen molar-refractivity contribution in [3.63, 3.8) is 0 Å². The third-order valence-corrected chi connectivity index (χ3v) is 7.77. The van der Waals surface area contributed by atoms with Crippen molar-refractivity contribution in [2.45, 2.75) is 19.4 Å². The molecule has 0 spiro atoms. The summed E-state index contributed by atoms with van der Waals surface area (Å²) in [7, 11) is 0. The maximum Gasteiger partial charge on any atom is 0.290 e. The lowest BCUT2D eigenvalue weighted by Gasteiger charge is -2.32. The molecule has 202 valence electrons. The zero-order valence-electron chi connectivity index (χ0n) is 21.4. The number of ether oxygens (including phenoxy) is 2. The summed E-state index contributed by atoms with van der Waals surface area (Å²) in [5.74, 6) is 2.08. The summed E-state index contributed by atoms with van der Waals surface area (Å²) in [6, 6.07) is 11.4. The van der Waals surface area contributed by atoms with Gasteiger partial charge in [-0.15, -0.1) is 0 Å². The molecule has 0 atom stereocenters. The molecule has 5 heterocycles. The number of thioether (sulfide) groups is 1. The number of benzene rings is 1. The van der Waals surface area contributed by atoms with Gasteiger partial charge in [0.05, 0.1) is 21.9 Å². The predicted molar refractivity (Wildman–Crippen MR) is 148 cm³/mol. The van der Waals surface area contributed by atoms with E-state index in [0.29, 0.717) is 51.8 Å². The quantitative estimate of drug-likeness (QED) is 0.414. The minimum atomic E-state index is -0.399. The molecule has 12 heteroatoms. The van der Waals surface area contributed by atoms with Crippen LogP contribution in [0, 0.1) is 17.2 Å². The van der Waals surface area contributed by atoms with Gasteiger partial charge in [0.15, 0.2) is 11.5 Å². The number of nitrogens with zero attached hydrogens (tertiary/aromatic N) is 5. The molecule has 2 N–H and O–H groups in total. The van der Waals surface area contributed by atoms with Crippen LogP contribution in [0.4, 0.5) is 10.7 Å². The molecule has 0 bridgehead atoms. The molecule has 0 aliphatic carbocycles. The highest BCUT2D eigenvalue weighted by molar-refractivity contribution is 8.18. The number of aromatic nitrogens is 3. The first-order valence-corrected chi connectivity index (χ1v) is 13.7. The number of fused-ring (bicyclic) bond motifs is 1. The number of imide groups is 1. The van der Waals surface area contributed by atoms with E-state index < -0.39 is 5.91 Å². The highest BCUT2D eigenvalue weighted by Gasteiger charge is 2.26. The molecule has 40 heavy (non-hydrogen) atoms. The molecular formula is C28H25N7O4S. The highest BCUT2D eigenvalue weighted by Crippen LogP contribution is 2.36. The first-order valence-electron chi connectivity index (χ1n) is 12.9. The number of nitriles is 1. The molecule has 0 radical (unpaired) electrons. The van der Waals surface area contributed by atoms with Crippen LogP contribution in [0.15, 0.2) is 47.6 Å². The minimum Gasteiger partial charge on any atom is -0.454 e. The van der Waals surface area contributed by atoms with Gasteiger partial charge in [0.2, 0.25) is 12.7 Å². The minimum absolute atomic E-state index is 0.199. The number of rotatable bonds is 7. The van der Waals surface area contributed by atoms with Crippen molar-refractivity contribution in [2.75, 3.05) is 31.3 Å². The van der Waals surface area contributed by atoms with Crippen LogP contribution in [-0.2, 0) is 11.3 Å². The molecule has 6 rings (SSSR count). The van der Waals surface area contributed by atoms with Gasteiger partial charge in [0, 0.05) is 37.6 Å². The van der Waals surface area contributed by atoms with Gasteiger partial charge >= 0.3 is 0 Å². The Bertz CT molecular complexity index is 1550. The summed E-state index contributed by atoms with van der Waals surface area (Å²) < 4.78 is 10.8. The standard InChI is InChI=1S/C28H25N7O4S/c29-12-20-9-18(15-32-25(20)19-1-2-22-23(10-19)39-16-38-22)14-30-13-17-4-7-35(8-5-17)27-31-6-3-21(33-27)11-24-26(36)34-28(37)40-24/h1-3,6,9-11,15,17,30H,4-5,7-8,13-14,16H2,(H,34,36,37). The average molecular weight is 556 g/mol. The Balaban J connectivity index is 1.01. The van der Waals surface area contributed by atoms with E-state index in [2.05, 4.69) is 36.6 Å². The summed E-state index contributed by atoms with van der Waals surface area (Å²) >= 11 is 0.874. The van der Waals surface area contributed by atoms with Gasteiger partial charge in [0.25, 0.3) is 11.1 Å². The van der Waals surface area contributed by atoms with E-state index in [0.717, 1.165) is 55.4 Å². The Morgan fingerprint density at radius 1 is 1.15 bits per heavy atom. The maximum absolute atomic E-state index is 11.8. The summed E-state index contributed by atoms with van der Waals surface area (Å²) in [6.07, 6.45) is 7.06. The van der Waals surface area contributed by atoms with E-state index in [1.165, 1.54) is 0 Å².